The van der Waals surface area contributed by atoms with Crippen LogP contribution in [0.5, 0.6) is 0 Å². The van der Waals surface area contributed by atoms with Crippen molar-refractivity contribution < 1.29 is 13.5 Å². The number of aliphatic hydroxyl groups excluding tert-OH is 1. The normalized spacial score (nSPS) is 22.6. The highest BCUT2D eigenvalue weighted by atomic mass is 32.2. The standard InChI is InChI=1S/C12H20N4O3S/c1-16(20(2,18)19)4-3-13-12-7-11(14-8-15-12)9-5-10(17)6-9/h7-10,17H,3-6H2,1-2H3,(H,13,14,15). The topological polar surface area (TPSA) is 95.4 Å². The molecule has 8 heteroatoms. The molecule has 1 fully saturated rings. The summed E-state index contributed by atoms with van der Waals surface area (Å²) in [4.78, 5) is 8.32. The van der Waals surface area contributed by atoms with Crippen molar-refractivity contribution in [2.45, 2.75) is 24.9 Å². The second kappa shape index (κ2) is 6.02. The van der Waals surface area contributed by atoms with Gasteiger partial charge in [-0.2, -0.15) is 0 Å². The van der Waals surface area contributed by atoms with Gasteiger partial charge >= 0.3 is 0 Å². The van der Waals surface area contributed by atoms with Crippen LogP contribution < -0.4 is 5.32 Å². The summed E-state index contributed by atoms with van der Waals surface area (Å²) < 4.78 is 23.8. The predicted molar refractivity (Wildman–Crippen MR) is 76.0 cm³/mol. The second-order valence-electron chi connectivity index (χ2n) is 5.16. The van der Waals surface area contributed by atoms with E-state index in [1.165, 1.54) is 23.9 Å². The van der Waals surface area contributed by atoms with E-state index < -0.39 is 10.0 Å². The molecule has 0 unspecified atom stereocenters. The fourth-order valence-corrected chi connectivity index (χ4v) is 2.45. The van der Waals surface area contributed by atoms with Gasteiger partial charge in [0.05, 0.1) is 12.4 Å². The van der Waals surface area contributed by atoms with Crippen molar-refractivity contribution in [2.75, 3.05) is 31.7 Å². The largest absolute Gasteiger partial charge is 0.393 e. The van der Waals surface area contributed by atoms with Gasteiger partial charge in [-0.05, 0) is 12.8 Å². The van der Waals surface area contributed by atoms with Gasteiger partial charge < -0.3 is 10.4 Å². The number of rotatable bonds is 6. The summed E-state index contributed by atoms with van der Waals surface area (Å²) in [5.74, 6) is 0.977. The van der Waals surface area contributed by atoms with E-state index in [9.17, 15) is 13.5 Å². The van der Waals surface area contributed by atoms with E-state index in [1.807, 2.05) is 6.07 Å². The SMILES string of the molecule is CN(CCNc1cc(C2CC(O)C2)ncn1)S(C)(=O)=O. The third-order valence-electron chi connectivity index (χ3n) is 3.52. The summed E-state index contributed by atoms with van der Waals surface area (Å²) in [7, 11) is -1.61. The average Bonchev–Trinajstić information content (AvgIpc) is 2.34. The Balaban J connectivity index is 1.86. The molecule has 2 N–H and O–H groups in total. The molecule has 112 valence electrons. The van der Waals surface area contributed by atoms with E-state index in [2.05, 4.69) is 15.3 Å². The molecule has 0 atom stereocenters. The molecule has 7 nitrogen and oxygen atoms in total. The highest BCUT2D eigenvalue weighted by Crippen LogP contribution is 2.35. The Morgan fingerprint density at radius 1 is 1.45 bits per heavy atom. The minimum Gasteiger partial charge on any atom is -0.393 e. The number of nitrogens with one attached hydrogen (secondary N) is 1. The minimum absolute atomic E-state index is 0.213. The molecule has 0 radical (unpaired) electrons. The quantitative estimate of drug-likeness (QED) is 0.769. The van der Waals surface area contributed by atoms with Gasteiger partial charge in [0.2, 0.25) is 10.0 Å². The van der Waals surface area contributed by atoms with Crippen LogP contribution in [0.2, 0.25) is 0 Å². The maximum atomic E-state index is 11.2. The Morgan fingerprint density at radius 2 is 2.15 bits per heavy atom. The Hall–Kier alpha value is -1.25. The van der Waals surface area contributed by atoms with Gasteiger partial charge in [0.15, 0.2) is 0 Å². The first kappa shape index (κ1) is 15.1. The highest BCUT2D eigenvalue weighted by molar-refractivity contribution is 7.88. The first-order valence-corrected chi connectivity index (χ1v) is 8.36. The summed E-state index contributed by atoms with van der Waals surface area (Å²) in [6.07, 6.45) is 3.94. The van der Waals surface area contributed by atoms with Crippen molar-refractivity contribution in [3.63, 3.8) is 0 Å². The Labute approximate surface area is 119 Å². The van der Waals surface area contributed by atoms with E-state index in [0.29, 0.717) is 24.8 Å². The Bertz CT molecular complexity index is 558. The third-order valence-corrected chi connectivity index (χ3v) is 4.83. The van der Waals surface area contributed by atoms with Crippen molar-refractivity contribution in [3.8, 4) is 0 Å². The summed E-state index contributed by atoms with van der Waals surface area (Å²) in [6, 6.07) is 1.86. The van der Waals surface area contributed by atoms with Crippen molar-refractivity contribution in [1.82, 2.24) is 14.3 Å². The molecule has 1 heterocycles. The molecule has 0 aliphatic heterocycles. The van der Waals surface area contributed by atoms with Gasteiger partial charge in [-0.15, -0.1) is 0 Å². The molecule has 0 amide bonds. The van der Waals surface area contributed by atoms with Gasteiger partial charge in [0, 0.05) is 37.8 Å². The number of aromatic nitrogens is 2. The zero-order valence-electron chi connectivity index (χ0n) is 11.7. The first-order chi connectivity index (χ1) is 9.36. The number of nitrogens with zero attached hydrogens (tertiary/aromatic N) is 3. The fourth-order valence-electron chi connectivity index (χ4n) is 2.03. The zero-order chi connectivity index (χ0) is 14.8. The number of hydrogen-bond donors (Lipinski definition) is 2. The monoisotopic (exact) mass is 300 g/mol. The summed E-state index contributed by atoms with van der Waals surface area (Å²) in [5, 5.41) is 12.4. The number of sulfonamides is 1. The number of hydrogen-bond acceptors (Lipinski definition) is 6. The molecular formula is C12H20N4O3S. The number of likely N-dealkylation sites (N-methyl/N-ethyl adjacent to an activating group) is 1. The average molecular weight is 300 g/mol. The lowest BCUT2D eigenvalue weighted by molar-refractivity contribution is 0.0732. The lowest BCUT2D eigenvalue weighted by Gasteiger charge is -2.30. The zero-order valence-corrected chi connectivity index (χ0v) is 12.5. The molecule has 2 rings (SSSR count). The van der Waals surface area contributed by atoms with Gasteiger partial charge in [0.1, 0.15) is 12.1 Å². The fraction of sp³-hybridized carbons (Fsp3) is 0.667. The molecule has 0 aromatic carbocycles. The molecule has 0 spiro atoms. The van der Waals surface area contributed by atoms with E-state index in [0.717, 1.165) is 18.5 Å². The molecule has 1 saturated carbocycles. The molecular weight excluding hydrogens is 280 g/mol. The van der Waals surface area contributed by atoms with Crippen LogP contribution >= 0.6 is 0 Å². The van der Waals surface area contributed by atoms with Crippen LogP contribution in [-0.2, 0) is 10.0 Å². The molecule has 1 aromatic heterocycles. The van der Waals surface area contributed by atoms with Crippen LogP contribution in [0.1, 0.15) is 24.5 Å². The number of anilines is 1. The summed E-state index contributed by atoms with van der Waals surface area (Å²) in [5.41, 5.74) is 0.921. The van der Waals surface area contributed by atoms with Crippen LogP contribution in [-0.4, -0.2) is 60.3 Å². The van der Waals surface area contributed by atoms with E-state index >= 15 is 0 Å². The van der Waals surface area contributed by atoms with Crippen LogP contribution in [0.25, 0.3) is 0 Å². The van der Waals surface area contributed by atoms with Crippen molar-refractivity contribution in [2.24, 2.45) is 0 Å². The lowest BCUT2D eigenvalue weighted by Crippen LogP contribution is -2.30. The maximum Gasteiger partial charge on any atom is 0.211 e. The van der Waals surface area contributed by atoms with Gasteiger partial charge in [-0.25, -0.2) is 22.7 Å². The van der Waals surface area contributed by atoms with Crippen molar-refractivity contribution in [3.05, 3.63) is 18.1 Å². The molecule has 20 heavy (non-hydrogen) atoms. The van der Waals surface area contributed by atoms with Gasteiger partial charge in [-0.3, -0.25) is 0 Å². The predicted octanol–water partition coefficient (Wildman–Crippen LogP) is 0.0182. The van der Waals surface area contributed by atoms with E-state index in [4.69, 9.17) is 0 Å². The molecule has 1 aliphatic carbocycles. The lowest BCUT2D eigenvalue weighted by atomic mass is 9.80. The molecule has 0 saturated heterocycles. The second-order valence-corrected chi connectivity index (χ2v) is 7.25. The van der Waals surface area contributed by atoms with Gasteiger partial charge in [0.25, 0.3) is 0 Å². The third kappa shape index (κ3) is 3.87. The Kier molecular flexibility index (Phi) is 4.56. The van der Waals surface area contributed by atoms with Crippen LogP contribution in [0, 0.1) is 0 Å². The van der Waals surface area contributed by atoms with Crippen LogP contribution in [0.4, 0.5) is 5.82 Å². The first-order valence-electron chi connectivity index (χ1n) is 6.51. The minimum atomic E-state index is -3.15. The van der Waals surface area contributed by atoms with E-state index in [1.54, 1.807) is 0 Å². The van der Waals surface area contributed by atoms with Crippen LogP contribution in [0.3, 0.4) is 0 Å². The highest BCUT2D eigenvalue weighted by Gasteiger charge is 2.29. The van der Waals surface area contributed by atoms with Gasteiger partial charge in [-0.1, -0.05) is 0 Å². The molecule has 1 aliphatic rings. The molecule has 0 bridgehead atoms. The Morgan fingerprint density at radius 3 is 2.75 bits per heavy atom. The maximum absolute atomic E-state index is 11.2. The molecule has 1 aromatic rings. The summed E-state index contributed by atoms with van der Waals surface area (Å²) in [6.45, 7) is 0.855. The van der Waals surface area contributed by atoms with Crippen molar-refractivity contribution in [1.29, 1.82) is 0 Å². The van der Waals surface area contributed by atoms with Crippen LogP contribution in [0.15, 0.2) is 12.4 Å². The number of aliphatic hydroxyl groups is 1. The summed E-state index contributed by atoms with van der Waals surface area (Å²) >= 11 is 0. The van der Waals surface area contributed by atoms with E-state index in [-0.39, 0.29) is 6.10 Å². The van der Waals surface area contributed by atoms with Crippen molar-refractivity contribution >= 4 is 15.8 Å². The smallest absolute Gasteiger partial charge is 0.211 e.